The molecule has 0 atom stereocenters. The smallest absolute Gasteiger partial charge is 0.175 e. The van der Waals surface area contributed by atoms with Crippen LogP contribution in [0.1, 0.15) is 20.8 Å². The van der Waals surface area contributed by atoms with Gasteiger partial charge < -0.3 is 4.74 Å². The van der Waals surface area contributed by atoms with Crippen molar-refractivity contribution >= 4 is 15.6 Å². The van der Waals surface area contributed by atoms with E-state index in [1.807, 2.05) is 20.8 Å². The van der Waals surface area contributed by atoms with Crippen LogP contribution in [-0.4, -0.2) is 27.1 Å². The van der Waals surface area contributed by atoms with Crippen molar-refractivity contribution in [3.63, 3.8) is 0 Å². The van der Waals surface area contributed by atoms with E-state index in [4.69, 9.17) is 4.74 Å². The van der Waals surface area contributed by atoms with E-state index in [0.717, 1.165) is 6.26 Å². The molecule has 0 aliphatic rings. The molecular formula is C13H18O4S. The molecule has 0 N–H and O–H groups in total. The summed E-state index contributed by atoms with van der Waals surface area (Å²) in [5.41, 5.74) is -0.464. The van der Waals surface area contributed by atoms with Crippen LogP contribution >= 0.6 is 0 Å². The van der Waals surface area contributed by atoms with E-state index in [1.165, 1.54) is 12.1 Å². The van der Waals surface area contributed by atoms with Gasteiger partial charge in [-0.25, -0.2) is 8.42 Å². The van der Waals surface area contributed by atoms with Gasteiger partial charge in [0.05, 0.1) is 4.90 Å². The summed E-state index contributed by atoms with van der Waals surface area (Å²) in [7, 11) is -3.26. The van der Waals surface area contributed by atoms with Gasteiger partial charge in [0, 0.05) is 11.7 Å². The lowest BCUT2D eigenvalue weighted by molar-refractivity contribution is -0.128. The number of Topliss-reactive ketones (excluding diaryl/α,β-unsaturated/α-hetero) is 1. The molecule has 100 valence electrons. The van der Waals surface area contributed by atoms with Crippen molar-refractivity contribution in [2.45, 2.75) is 25.7 Å². The number of ether oxygens (including phenoxy) is 1. The third kappa shape index (κ3) is 4.14. The van der Waals surface area contributed by atoms with Crippen molar-refractivity contribution in [1.82, 2.24) is 0 Å². The van der Waals surface area contributed by atoms with E-state index in [2.05, 4.69) is 0 Å². The summed E-state index contributed by atoms with van der Waals surface area (Å²) in [5.74, 6) is 0.350. The second-order valence-electron chi connectivity index (χ2n) is 5.21. The largest absolute Gasteiger partial charge is 0.486 e. The number of rotatable bonds is 4. The standard InChI is InChI=1S/C13H18O4S/c1-13(2,3)12(14)9-17-10-6-5-7-11(8-10)18(4,15)16/h5-8H,9H2,1-4H3. The van der Waals surface area contributed by atoms with Crippen LogP contribution < -0.4 is 4.74 Å². The van der Waals surface area contributed by atoms with Crippen LogP contribution in [0.15, 0.2) is 29.2 Å². The van der Waals surface area contributed by atoms with Gasteiger partial charge in [-0.05, 0) is 18.2 Å². The van der Waals surface area contributed by atoms with Gasteiger partial charge in [0.25, 0.3) is 0 Å². The minimum Gasteiger partial charge on any atom is -0.486 e. The zero-order valence-electron chi connectivity index (χ0n) is 11.1. The maximum Gasteiger partial charge on any atom is 0.175 e. The molecule has 0 aliphatic heterocycles. The molecular weight excluding hydrogens is 252 g/mol. The molecule has 1 aromatic rings. The fourth-order valence-electron chi connectivity index (χ4n) is 1.16. The van der Waals surface area contributed by atoms with E-state index in [0.29, 0.717) is 5.75 Å². The van der Waals surface area contributed by atoms with E-state index in [-0.39, 0.29) is 17.3 Å². The molecule has 18 heavy (non-hydrogen) atoms. The van der Waals surface area contributed by atoms with Crippen LogP contribution in [0, 0.1) is 5.41 Å². The van der Waals surface area contributed by atoms with Crippen LogP contribution in [0.3, 0.4) is 0 Å². The predicted octanol–water partition coefficient (Wildman–Crippen LogP) is 2.08. The first kappa shape index (κ1) is 14.7. The molecule has 4 nitrogen and oxygen atoms in total. The normalized spacial score (nSPS) is 12.2. The Morgan fingerprint density at radius 1 is 1.28 bits per heavy atom. The Morgan fingerprint density at radius 3 is 2.39 bits per heavy atom. The molecule has 1 rings (SSSR count). The number of sulfone groups is 1. The van der Waals surface area contributed by atoms with Crippen molar-refractivity contribution in [1.29, 1.82) is 0 Å². The molecule has 0 unspecified atom stereocenters. The Kier molecular flexibility index (Phi) is 4.16. The molecule has 0 bridgehead atoms. The highest BCUT2D eigenvalue weighted by Crippen LogP contribution is 2.19. The molecule has 1 aromatic carbocycles. The minimum atomic E-state index is -3.26. The highest BCUT2D eigenvalue weighted by atomic mass is 32.2. The third-order valence-corrected chi connectivity index (χ3v) is 3.55. The maximum absolute atomic E-state index is 11.7. The molecule has 0 saturated heterocycles. The van der Waals surface area contributed by atoms with Crippen molar-refractivity contribution in [2.75, 3.05) is 12.9 Å². The zero-order chi connectivity index (χ0) is 14.0. The summed E-state index contributed by atoms with van der Waals surface area (Å²) in [6.45, 7) is 5.37. The van der Waals surface area contributed by atoms with Crippen molar-refractivity contribution < 1.29 is 17.9 Å². The van der Waals surface area contributed by atoms with E-state index in [1.54, 1.807) is 12.1 Å². The van der Waals surface area contributed by atoms with Gasteiger partial charge >= 0.3 is 0 Å². The molecule has 0 fully saturated rings. The van der Waals surface area contributed by atoms with Crippen LogP contribution in [0.5, 0.6) is 5.75 Å². The SMILES string of the molecule is CC(C)(C)C(=O)COc1cccc(S(C)(=O)=O)c1. The van der Waals surface area contributed by atoms with Gasteiger partial charge in [-0.1, -0.05) is 26.8 Å². The molecule has 0 amide bonds. The summed E-state index contributed by atoms with van der Waals surface area (Å²) >= 11 is 0. The van der Waals surface area contributed by atoms with E-state index in [9.17, 15) is 13.2 Å². The Morgan fingerprint density at radius 2 is 1.89 bits per heavy atom. The lowest BCUT2D eigenvalue weighted by Crippen LogP contribution is -2.26. The summed E-state index contributed by atoms with van der Waals surface area (Å²) in [5, 5.41) is 0. The monoisotopic (exact) mass is 270 g/mol. The average molecular weight is 270 g/mol. The third-order valence-electron chi connectivity index (χ3n) is 2.44. The minimum absolute atomic E-state index is 0.0349. The summed E-state index contributed by atoms with van der Waals surface area (Å²) < 4.78 is 28.0. The second kappa shape index (κ2) is 5.10. The topological polar surface area (TPSA) is 60.4 Å². The van der Waals surface area contributed by atoms with Crippen LogP contribution in [0.4, 0.5) is 0 Å². The van der Waals surface area contributed by atoms with Crippen molar-refractivity contribution in [3.8, 4) is 5.75 Å². The highest BCUT2D eigenvalue weighted by Gasteiger charge is 2.21. The molecule has 0 aliphatic carbocycles. The van der Waals surface area contributed by atoms with Gasteiger partial charge in [0.15, 0.2) is 15.6 Å². The molecule has 0 radical (unpaired) electrons. The van der Waals surface area contributed by atoms with Crippen LogP contribution in [0.25, 0.3) is 0 Å². The number of carbonyl (C=O) groups excluding carboxylic acids is 1. The number of ketones is 1. The Balaban J connectivity index is 2.79. The van der Waals surface area contributed by atoms with Gasteiger partial charge in [-0.15, -0.1) is 0 Å². The fourth-order valence-corrected chi connectivity index (χ4v) is 1.82. The Labute approximate surface area is 108 Å². The highest BCUT2D eigenvalue weighted by molar-refractivity contribution is 7.90. The summed E-state index contributed by atoms with van der Waals surface area (Å²) in [6, 6.07) is 6.14. The predicted molar refractivity (Wildman–Crippen MR) is 69.5 cm³/mol. The van der Waals surface area contributed by atoms with Crippen molar-refractivity contribution in [2.24, 2.45) is 5.41 Å². The van der Waals surface area contributed by atoms with Gasteiger partial charge in [0.1, 0.15) is 12.4 Å². The zero-order valence-corrected chi connectivity index (χ0v) is 11.9. The lowest BCUT2D eigenvalue weighted by Gasteiger charge is -2.16. The quantitative estimate of drug-likeness (QED) is 0.840. The maximum atomic E-state index is 11.7. The Hall–Kier alpha value is -1.36. The first-order chi connectivity index (χ1) is 8.10. The fraction of sp³-hybridized carbons (Fsp3) is 0.462. The van der Waals surface area contributed by atoms with Crippen LogP contribution in [0.2, 0.25) is 0 Å². The van der Waals surface area contributed by atoms with Crippen molar-refractivity contribution in [3.05, 3.63) is 24.3 Å². The van der Waals surface area contributed by atoms with Crippen LogP contribution in [-0.2, 0) is 14.6 Å². The Bertz CT molecular complexity index is 538. The molecule has 0 saturated carbocycles. The number of carbonyl (C=O) groups is 1. The van der Waals surface area contributed by atoms with E-state index < -0.39 is 15.3 Å². The number of hydrogen-bond acceptors (Lipinski definition) is 4. The van der Waals surface area contributed by atoms with Gasteiger partial charge in [-0.2, -0.15) is 0 Å². The molecule has 0 heterocycles. The molecule has 0 spiro atoms. The summed E-state index contributed by atoms with van der Waals surface area (Å²) in [4.78, 5) is 11.9. The first-order valence-electron chi connectivity index (χ1n) is 5.57. The first-order valence-corrected chi connectivity index (χ1v) is 7.46. The second-order valence-corrected chi connectivity index (χ2v) is 7.22. The van der Waals surface area contributed by atoms with Gasteiger partial charge in [-0.3, -0.25) is 4.79 Å². The van der Waals surface area contributed by atoms with E-state index >= 15 is 0 Å². The average Bonchev–Trinajstić information content (AvgIpc) is 2.23. The number of hydrogen-bond donors (Lipinski definition) is 0. The molecule has 0 aromatic heterocycles. The van der Waals surface area contributed by atoms with Gasteiger partial charge in [0.2, 0.25) is 0 Å². The number of benzene rings is 1. The lowest BCUT2D eigenvalue weighted by atomic mass is 9.91. The molecule has 5 heteroatoms. The summed E-state index contributed by atoms with van der Waals surface area (Å²) in [6.07, 6.45) is 1.13.